The summed E-state index contributed by atoms with van der Waals surface area (Å²) in [5.41, 5.74) is 11.6. The third-order valence-corrected chi connectivity index (χ3v) is 5.49. The fourth-order valence-corrected chi connectivity index (χ4v) is 4.96. The summed E-state index contributed by atoms with van der Waals surface area (Å²) in [6, 6.07) is 15.7. The molecule has 0 atom stereocenters. The first kappa shape index (κ1) is 20.9. The minimum atomic E-state index is -0.451. The van der Waals surface area contributed by atoms with Crippen molar-refractivity contribution >= 4 is 17.6 Å². The van der Waals surface area contributed by atoms with Gasteiger partial charge in [-0.3, -0.25) is 4.79 Å². The predicted octanol–water partition coefficient (Wildman–Crippen LogP) is 5.93. The molecule has 3 heteroatoms. The van der Waals surface area contributed by atoms with Crippen LogP contribution in [0.15, 0.2) is 60.2 Å². The summed E-state index contributed by atoms with van der Waals surface area (Å²) in [5.74, 6) is -0.179. The molecule has 0 aliphatic heterocycles. The highest BCUT2D eigenvalue weighted by molar-refractivity contribution is 5.90. The van der Waals surface area contributed by atoms with Gasteiger partial charge < -0.3 is 10.8 Å². The van der Waals surface area contributed by atoms with Crippen LogP contribution in [-0.2, 0) is 4.79 Å². The van der Waals surface area contributed by atoms with E-state index in [9.17, 15) is 9.90 Å². The van der Waals surface area contributed by atoms with Crippen molar-refractivity contribution in [1.82, 2.24) is 0 Å². The van der Waals surface area contributed by atoms with Crippen LogP contribution in [0.25, 0.3) is 11.6 Å². The van der Waals surface area contributed by atoms with E-state index in [-0.39, 0.29) is 16.6 Å². The number of aromatic hydroxyl groups is 1. The molecule has 0 aromatic heterocycles. The van der Waals surface area contributed by atoms with Crippen LogP contribution in [0.5, 0.6) is 5.75 Å². The highest BCUT2D eigenvalue weighted by Crippen LogP contribution is 2.50. The van der Waals surface area contributed by atoms with Crippen LogP contribution in [0.4, 0.5) is 0 Å². The van der Waals surface area contributed by atoms with Crippen molar-refractivity contribution in [1.29, 1.82) is 0 Å². The van der Waals surface area contributed by atoms with Gasteiger partial charge >= 0.3 is 0 Å². The molecule has 1 fully saturated rings. The molecule has 3 nitrogen and oxygen atoms in total. The van der Waals surface area contributed by atoms with E-state index in [0.29, 0.717) is 0 Å². The van der Waals surface area contributed by atoms with Crippen LogP contribution in [-0.4, -0.2) is 11.0 Å². The summed E-state index contributed by atoms with van der Waals surface area (Å²) in [7, 11) is 0. The summed E-state index contributed by atoms with van der Waals surface area (Å²) < 4.78 is 0. The van der Waals surface area contributed by atoms with Gasteiger partial charge in [-0.15, -0.1) is 0 Å². The Morgan fingerprint density at radius 3 is 1.86 bits per heavy atom. The Hall–Kier alpha value is -2.81. The molecule has 3 rings (SSSR count). The number of rotatable bonds is 4. The van der Waals surface area contributed by atoms with Gasteiger partial charge in [0, 0.05) is 6.08 Å². The number of allylic oxidation sites excluding steroid dienone is 1. The number of hydrogen-bond donors (Lipinski definition) is 2. The van der Waals surface area contributed by atoms with Crippen molar-refractivity contribution < 1.29 is 9.90 Å². The van der Waals surface area contributed by atoms with Crippen LogP contribution >= 0.6 is 0 Å². The van der Waals surface area contributed by atoms with Crippen molar-refractivity contribution in [3.8, 4) is 5.75 Å². The van der Waals surface area contributed by atoms with Gasteiger partial charge in [-0.05, 0) is 70.6 Å². The van der Waals surface area contributed by atoms with E-state index in [1.54, 1.807) is 18.2 Å². The van der Waals surface area contributed by atoms with Crippen LogP contribution in [0.2, 0.25) is 0 Å². The van der Waals surface area contributed by atoms with Gasteiger partial charge in [-0.25, -0.2) is 0 Å². The third-order valence-electron chi connectivity index (χ3n) is 5.49. The number of primary amides is 1. The topological polar surface area (TPSA) is 63.3 Å². The standard InChI is InChI=1S/C26H31NO2/c1-25(2)15-21(16-26(3,4)17-25)24(20-10-12-22(28)13-11-20)19-8-5-18(6-9-19)7-14-23(27)29/h5-14,28H,15-17H2,1-4H3,(H2,27,29). The molecular weight excluding hydrogens is 358 g/mol. The summed E-state index contributed by atoms with van der Waals surface area (Å²) in [5, 5.41) is 9.76. The molecular formula is C26H31NO2. The molecule has 2 aromatic rings. The Balaban J connectivity index is 2.11. The normalized spacial score (nSPS) is 18.0. The SMILES string of the molecule is CC1(C)CC(=C(c2ccc(O)cc2)c2ccc(C=CC(N)=O)cc2)CC(C)(C)C1. The molecule has 1 aliphatic carbocycles. The molecule has 3 N–H and O–H groups in total. The summed E-state index contributed by atoms with van der Waals surface area (Å²) in [6.45, 7) is 9.39. The van der Waals surface area contributed by atoms with Gasteiger partial charge in [0.2, 0.25) is 5.91 Å². The summed E-state index contributed by atoms with van der Waals surface area (Å²) in [6.07, 6.45) is 6.40. The Morgan fingerprint density at radius 1 is 0.897 bits per heavy atom. The quantitative estimate of drug-likeness (QED) is 0.637. The number of phenolic OH excluding ortho intramolecular Hbond substituents is 1. The van der Waals surface area contributed by atoms with Crippen molar-refractivity contribution in [2.24, 2.45) is 16.6 Å². The van der Waals surface area contributed by atoms with Gasteiger partial charge in [-0.2, -0.15) is 0 Å². The zero-order chi connectivity index (χ0) is 21.2. The monoisotopic (exact) mass is 389 g/mol. The lowest BCUT2D eigenvalue weighted by Gasteiger charge is -2.43. The van der Waals surface area contributed by atoms with Gasteiger partial charge in [-0.1, -0.05) is 69.7 Å². The second-order valence-corrected chi connectivity index (χ2v) is 9.74. The first-order valence-electron chi connectivity index (χ1n) is 10.1. The minimum absolute atomic E-state index is 0.240. The van der Waals surface area contributed by atoms with Gasteiger partial charge in [0.25, 0.3) is 0 Å². The third kappa shape index (κ3) is 5.38. The number of benzene rings is 2. The lowest BCUT2D eigenvalue weighted by molar-refractivity contribution is -0.113. The van der Waals surface area contributed by atoms with Crippen LogP contribution < -0.4 is 5.73 Å². The van der Waals surface area contributed by atoms with Gasteiger partial charge in [0.05, 0.1) is 0 Å². The molecule has 2 aromatic carbocycles. The lowest BCUT2D eigenvalue weighted by Crippen LogP contribution is -2.30. The molecule has 0 saturated heterocycles. The number of carbonyl (C=O) groups is 1. The molecule has 0 unspecified atom stereocenters. The Labute approximate surface area is 174 Å². The summed E-state index contributed by atoms with van der Waals surface area (Å²) >= 11 is 0. The molecule has 1 aliphatic rings. The van der Waals surface area contributed by atoms with Crippen molar-refractivity contribution in [3.05, 3.63) is 76.9 Å². The van der Waals surface area contributed by atoms with Crippen molar-refractivity contribution in [2.75, 3.05) is 0 Å². The average Bonchev–Trinajstić information content (AvgIpc) is 2.60. The van der Waals surface area contributed by atoms with E-state index in [1.165, 1.54) is 23.6 Å². The van der Waals surface area contributed by atoms with E-state index in [4.69, 9.17) is 5.73 Å². The lowest BCUT2D eigenvalue weighted by atomic mass is 9.62. The van der Waals surface area contributed by atoms with Crippen LogP contribution in [0.1, 0.15) is 63.6 Å². The van der Waals surface area contributed by atoms with Crippen LogP contribution in [0.3, 0.4) is 0 Å². The van der Waals surface area contributed by atoms with E-state index in [0.717, 1.165) is 29.5 Å². The first-order chi connectivity index (χ1) is 13.5. The molecule has 1 saturated carbocycles. The maximum absolute atomic E-state index is 11.0. The Bertz CT molecular complexity index is 927. The number of phenols is 1. The summed E-state index contributed by atoms with van der Waals surface area (Å²) in [4.78, 5) is 11.0. The molecule has 0 heterocycles. The van der Waals surface area contributed by atoms with E-state index < -0.39 is 5.91 Å². The van der Waals surface area contributed by atoms with E-state index in [1.807, 2.05) is 24.3 Å². The molecule has 0 spiro atoms. The molecule has 1 amide bonds. The maximum atomic E-state index is 11.0. The molecule has 0 bridgehead atoms. The van der Waals surface area contributed by atoms with Crippen LogP contribution in [0, 0.1) is 10.8 Å². The van der Waals surface area contributed by atoms with Gasteiger partial charge in [0.15, 0.2) is 0 Å². The zero-order valence-corrected chi connectivity index (χ0v) is 17.8. The first-order valence-corrected chi connectivity index (χ1v) is 10.1. The zero-order valence-electron chi connectivity index (χ0n) is 17.8. The fraction of sp³-hybridized carbons (Fsp3) is 0.346. The highest BCUT2D eigenvalue weighted by Gasteiger charge is 2.37. The Kier molecular flexibility index (Phi) is 5.70. The van der Waals surface area contributed by atoms with Crippen molar-refractivity contribution in [2.45, 2.75) is 47.0 Å². The molecule has 152 valence electrons. The molecule has 29 heavy (non-hydrogen) atoms. The average molecular weight is 390 g/mol. The Morgan fingerprint density at radius 2 is 1.38 bits per heavy atom. The number of amides is 1. The van der Waals surface area contributed by atoms with Gasteiger partial charge in [0.1, 0.15) is 5.75 Å². The number of hydrogen-bond acceptors (Lipinski definition) is 2. The van der Waals surface area contributed by atoms with E-state index >= 15 is 0 Å². The maximum Gasteiger partial charge on any atom is 0.241 e. The minimum Gasteiger partial charge on any atom is -0.508 e. The van der Waals surface area contributed by atoms with E-state index in [2.05, 4.69) is 39.8 Å². The number of nitrogens with two attached hydrogens (primary N) is 1. The second kappa shape index (κ2) is 7.90. The highest BCUT2D eigenvalue weighted by atomic mass is 16.3. The second-order valence-electron chi connectivity index (χ2n) is 9.74. The molecule has 0 radical (unpaired) electrons. The largest absolute Gasteiger partial charge is 0.508 e. The predicted molar refractivity (Wildman–Crippen MR) is 120 cm³/mol. The van der Waals surface area contributed by atoms with Crippen molar-refractivity contribution in [3.63, 3.8) is 0 Å². The number of carbonyl (C=O) groups excluding carboxylic acids is 1. The fourth-order valence-electron chi connectivity index (χ4n) is 4.96. The smallest absolute Gasteiger partial charge is 0.241 e.